The predicted octanol–water partition coefficient (Wildman–Crippen LogP) is 3.10. The van der Waals surface area contributed by atoms with E-state index in [0.717, 1.165) is 39.0 Å². The van der Waals surface area contributed by atoms with Crippen LogP contribution in [0, 0.1) is 0 Å². The van der Waals surface area contributed by atoms with Crippen LogP contribution in [0.4, 0.5) is 13.2 Å². The molecule has 1 aromatic rings. The molecule has 0 aliphatic carbocycles. The molecule has 1 atom stereocenters. The molecule has 0 spiro atoms. The highest BCUT2D eigenvalue weighted by atomic mass is 19.4. The summed E-state index contributed by atoms with van der Waals surface area (Å²) in [4.78, 5) is 0. The smallest absolute Gasteiger partial charge is 0.420 e. The topological polar surface area (TPSA) is 41.5 Å². The number of halogens is 3. The number of benzene rings is 1. The Morgan fingerprint density at radius 2 is 2.10 bits per heavy atom. The molecule has 0 bridgehead atoms. The molecule has 112 valence electrons. The first kappa shape index (κ1) is 15.0. The molecule has 0 radical (unpaired) electrons. The molecular formula is C14H18F3NO2. The van der Waals surface area contributed by atoms with Crippen LogP contribution in [-0.4, -0.2) is 24.8 Å². The molecule has 2 rings (SSSR count). The average molecular weight is 289 g/mol. The molecule has 2 N–H and O–H groups in total. The Hall–Kier alpha value is -1.43. The van der Waals surface area contributed by atoms with Crippen LogP contribution >= 0.6 is 0 Å². The molecular weight excluding hydrogens is 271 g/mol. The van der Waals surface area contributed by atoms with Gasteiger partial charge in [0.2, 0.25) is 0 Å². The summed E-state index contributed by atoms with van der Waals surface area (Å²) in [5.74, 6) is -0.902. The van der Waals surface area contributed by atoms with Crippen molar-refractivity contribution in [2.24, 2.45) is 0 Å². The summed E-state index contributed by atoms with van der Waals surface area (Å²) >= 11 is 0. The highest BCUT2D eigenvalue weighted by Gasteiger charge is 2.36. The third-order valence-electron chi connectivity index (χ3n) is 3.60. The molecule has 1 unspecified atom stereocenters. The molecule has 6 heteroatoms. The standard InChI is InChI=1S/C14H18F3NO2/c1-20-13-11(14(15,16)17)6-5-9(12(13)19)8-10-4-2-3-7-18-10/h5-6,10,18-19H,2-4,7-8H2,1H3. The zero-order valence-electron chi connectivity index (χ0n) is 11.3. The van der Waals surface area contributed by atoms with Crippen LogP contribution in [0.25, 0.3) is 0 Å². The first-order chi connectivity index (χ1) is 9.43. The van der Waals surface area contributed by atoms with Gasteiger partial charge in [-0.25, -0.2) is 0 Å². The van der Waals surface area contributed by atoms with Gasteiger partial charge < -0.3 is 15.2 Å². The Balaban J connectivity index is 2.26. The van der Waals surface area contributed by atoms with E-state index in [1.165, 1.54) is 6.07 Å². The fraction of sp³-hybridized carbons (Fsp3) is 0.571. The van der Waals surface area contributed by atoms with E-state index >= 15 is 0 Å². The van der Waals surface area contributed by atoms with Gasteiger partial charge in [0.25, 0.3) is 0 Å². The second kappa shape index (κ2) is 5.91. The van der Waals surface area contributed by atoms with Crippen LogP contribution in [0.15, 0.2) is 12.1 Å². The second-order valence-corrected chi connectivity index (χ2v) is 5.00. The van der Waals surface area contributed by atoms with E-state index in [9.17, 15) is 18.3 Å². The lowest BCUT2D eigenvalue weighted by Crippen LogP contribution is -2.35. The Bertz CT molecular complexity index is 468. The van der Waals surface area contributed by atoms with E-state index in [-0.39, 0.29) is 6.04 Å². The van der Waals surface area contributed by atoms with Crippen molar-refractivity contribution in [2.75, 3.05) is 13.7 Å². The van der Waals surface area contributed by atoms with Crippen LogP contribution in [-0.2, 0) is 12.6 Å². The number of aromatic hydroxyl groups is 1. The van der Waals surface area contributed by atoms with Crippen LogP contribution in [0.1, 0.15) is 30.4 Å². The summed E-state index contributed by atoms with van der Waals surface area (Å²) in [6.07, 6.45) is -0.872. The van der Waals surface area contributed by atoms with Crippen LogP contribution in [0.5, 0.6) is 11.5 Å². The van der Waals surface area contributed by atoms with E-state index in [0.29, 0.717) is 12.0 Å². The number of piperidine rings is 1. The van der Waals surface area contributed by atoms with Crippen LogP contribution in [0.2, 0.25) is 0 Å². The van der Waals surface area contributed by atoms with Gasteiger partial charge in [-0.05, 0) is 37.4 Å². The lowest BCUT2D eigenvalue weighted by Gasteiger charge is -2.24. The van der Waals surface area contributed by atoms with Gasteiger partial charge in [0.15, 0.2) is 11.5 Å². The number of rotatable bonds is 3. The Morgan fingerprint density at radius 3 is 2.65 bits per heavy atom. The van der Waals surface area contributed by atoms with E-state index in [2.05, 4.69) is 5.32 Å². The molecule has 1 aliphatic heterocycles. The number of hydrogen-bond acceptors (Lipinski definition) is 3. The maximum atomic E-state index is 12.8. The molecule has 20 heavy (non-hydrogen) atoms. The highest BCUT2D eigenvalue weighted by Crippen LogP contribution is 2.43. The van der Waals surface area contributed by atoms with Crippen molar-refractivity contribution in [3.05, 3.63) is 23.3 Å². The minimum absolute atomic E-state index is 0.191. The van der Waals surface area contributed by atoms with Crippen molar-refractivity contribution in [1.82, 2.24) is 5.32 Å². The monoisotopic (exact) mass is 289 g/mol. The first-order valence-corrected chi connectivity index (χ1v) is 6.63. The van der Waals surface area contributed by atoms with Gasteiger partial charge in [0, 0.05) is 6.04 Å². The molecule has 1 heterocycles. The number of alkyl halides is 3. The number of ether oxygens (including phenoxy) is 1. The van der Waals surface area contributed by atoms with E-state index < -0.39 is 23.2 Å². The lowest BCUT2D eigenvalue weighted by molar-refractivity contribution is -0.138. The Labute approximate surface area is 115 Å². The summed E-state index contributed by atoms with van der Waals surface area (Å²) in [5, 5.41) is 13.3. The Morgan fingerprint density at radius 1 is 1.35 bits per heavy atom. The second-order valence-electron chi connectivity index (χ2n) is 5.00. The fourth-order valence-electron chi connectivity index (χ4n) is 2.57. The zero-order chi connectivity index (χ0) is 14.8. The summed E-state index contributed by atoms with van der Waals surface area (Å²) < 4.78 is 43.1. The number of hydrogen-bond donors (Lipinski definition) is 2. The molecule has 1 fully saturated rings. The number of nitrogens with one attached hydrogen (secondary N) is 1. The van der Waals surface area contributed by atoms with E-state index in [4.69, 9.17) is 4.74 Å². The minimum Gasteiger partial charge on any atom is -0.504 e. The SMILES string of the molecule is COc1c(C(F)(F)F)ccc(CC2CCCCN2)c1O. The molecule has 1 saturated heterocycles. The third kappa shape index (κ3) is 3.17. The van der Waals surface area contributed by atoms with Gasteiger partial charge in [-0.3, -0.25) is 0 Å². The molecule has 1 aliphatic rings. The summed E-state index contributed by atoms with van der Waals surface area (Å²) in [6.45, 7) is 0.906. The van der Waals surface area contributed by atoms with Crippen molar-refractivity contribution in [2.45, 2.75) is 37.9 Å². The average Bonchev–Trinajstić information content (AvgIpc) is 2.40. The van der Waals surface area contributed by atoms with Gasteiger partial charge in [-0.15, -0.1) is 0 Å². The number of phenols is 1. The van der Waals surface area contributed by atoms with Crippen LogP contribution in [0.3, 0.4) is 0 Å². The molecule has 3 nitrogen and oxygen atoms in total. The third-order valence-corrected chi connectivity index (χ3v) is 3.60. The first-order valence-electron chi connectivity index (χ1n) is 6.63. The van der Waals surface area contributed by atoms with Crippen molar-refractivity contribution in [1.29, 1.82) is 0 Å². The minimum atomic E-state index is -4.54. The van der Waals surface area contributed by atoms with Gasteiger partial charge in [-0.1, -0.05) is 12.5 Å². The highest BCUT2D eigenvalue weighted by molar-refractivity contribution is 5.52. The maximum Gasteiger partial charge on any atom is 0.420 e. The maximum absolute atomic E-state index is 12.8. The number of phenolic OH excluding ortho intramolecular Hbond substituents is 1. The quantitative estimate of drug-likeness (QED) is 0.898. The molecule has 0 amide bonds. The van der Waals surface area contributed by atoms with Gasteiger partial charge in [0.1, 0.15) is 5.56 Å². The molecule has 0 aromatic heterocycles. The predicted molar refractivity (Wildman–Crippen MR) is 69.0 cm³/mol. The van der Waals surface area contributed by atoms with Crippen LogP contribution < -0.4 is 10.1 Å². The fourth-order valence-corrected chi connectivity index (χ4v) is 2.57. The summed E-state index contributed by atoms with van der Waals surface area (Å²) in [6, 6.07) is 2.49. The van der Waals surface area contributed by atoms with Crippen molar-refractivity contribution < 1.29 is 23.0 Å². The summed E-state index contributed by atoms with van der Waals surface area (Å²) in [7, 11) is 1.13. The van der Waals surface area contributed by atoms with Crippen molar-refractivity contribution in [3.8, 4) is 11.5 Å². The lowest BCUT2D eigenvalue weighted by atomic mass is 9.96. The number of methoxy groups -OCH3 is 1. The summed E-state index contributed by atoms with van der Waals surface area (Å²) in [5.41, 5.74) is -0.466. The van der Waals surface area contributed by atoms with E-state index in [1.54, 1.807) is 0 Å². The van der Waals surface area contributed by atoms with E-state index in [1.807, 2.05) is 0 Å². The Kier molecular flexibility index (Phi) is 4.42. The molecule has 1 aromatic carbocycles. The molecule has 0 saturated carbocycles. The normalized spacial score (nSPS) is 19.9. The zero-order valence-corrected chi connectivity index (χ0v) is 11.3. The van der Waals surface area contributed by atoms with Crippen molar-refractivity contribution in [3.63, 3.8) is 0 Å². The largest absolute Gasteiger partial charge is 0.504 e. The van der Waals surface area contributed by atoms with Gasteiger partial charge in [0.05, 0.1) is 7.11 Å². The van der Waals surface area contributed by atoms with Crippen molar-refractivity contribution >= 4 is 0 Å². The van der Waals surface area contributed by atoms with Gasteiger partial charge >= 0.3 is 6.18 Å². The van der Waals surface area contributed by atoms with Gasteiger partial charge in [-0.2, -0.15) is 13.2 Å².